The highest BCUT2D eigenvalue weighted by atomic mass is 79.9. The lowest BCUT2D eigenvalue weighted by molar-refractivity contribution is 0.0602. The number of methoxy groups -OCH3 is 1. The van der Waals surface area contributed by atoms with Crippen LogP contribution in [-0.2, 0) is 4.74 Å². The summed E-state index contributed by atoms with van der Waals surface area (Å²) in [4.78, 5) is 24.7. The molecule has 0 radical (unpaired) electrons. The van der Waals surface area contributed by atoms with E-state index < -0.39 is 11.9 Å². The van der Waals surface area contributed by atoms with Crippen molar-refractivity contribution in [1.29, 1.82) is 0 Å². The van der Waals surface area contributed by atoms with E-state index in [1.807, 2.05) is 6.07 Å². The highest BCUT2D eigenvalue weighted by Crippen LogP contribution is 2.24. The Morgan fingerprint density at radius 1 is 1.07 bits per heavy atom. The second kappa shape index (κ2) is 12.3. The SMILES string of the molecule is CCCCCCOc1ccc(Br)cc1C(=O)NC(=S)Nc1ccccc1C(=O)OC. The van der Waals surface area contributed by atoms with Gasteiger partial charge in [0.2, 0.25) is 0 Å². The molecule has 0 spiro atoms. The molecule has 1 amide bonds. The average Bonchev–Trinajstić information content (AvgIpc) is 2.74. The largest absolute Gasteiger partial charge is 0.493 e. The van der Waals surface area contributed by atoms with Crippen molar-refractivity contribution < 1.29 is 19.1 Å². The fraction of sp³-hybridized carbons (Fsp3) is 0.318. The number of halogens is 1. The number of amides is 1. The third-order valence-electron chi connectivity index (χ3n) is 4.25. The predicted molar refractivity (Wildman–Crippen MR) is 125 cm³/mol. The third kappa shape index (κ3) is 7.11. The Balaban J connectivity index is 2.06. The first-order valence-corrected chi connectivity index (χ1v) is 10.9. The summed E-state index contributed by atoms with van der Waals surface area (Å²) < 4.78 is 11.3. The van der Waals surface area contributed by atoms with Crippen LogP contribution in [0, 0.1) is 0 Å². The molecule has 0 aliphatic heterocycles. The quantitative estimate of drug-likeness (QED) is 0.280. The minimum Gasteiger partial charge on any atom is -0.493 e. The van der Waals surface area contributed by atoms with Crippen LogP contribution in [0.1, 0.15) is 53.3 Å². The molecule has 2 aromatic rings. The van der Waals surface area contributed by atoms with Gasteiger partial charge >= 0.3 is 5.97 Å². The number of thiocarbonyl (C=S) groups is 1. The number of hydrogen-bond donors (Lipinski definition) is 2. The van der Waals surface area contributed by atoms with Crippen molar-refractivity contribution in [2.45, 2.75) is 32.6 Å². The van der Waals surface area contributed by atoms with Crippen molar-refractivity contribution in [3.8, 4) is 5.75 Å². The van der Waals surface area contributed by atoms with Crippen molar-refractivity contribution in [2.24, 2.45) is 0 Å². The van der Waals surface area contributed by atoms with E-state index in [9.17, 15) is 9.59 Å². The Labute approximate surface area is 190 Å². The monoisotopic (exact) mass is 492 g/mol. The zero-order chi connectivity index (χ0) is 21.9. The zero-order valence-electron chi connectivity index (χ0n) is 17.0. The number of rotatable bonds is 9. The van der Waals surface area contributed by atoms with Gasteiger partial charge in [0.05, 0.1) is 30.5 Å². The van der Waals surface area contributed by atoms with E-state index in [0.29, 0.717) is 29.2 Å². The molecule has 0 bridgehead atoms. The Morgan fingerprint density at radius 2 is 1.83 bits per heavy atom. The zero-order valence-corrected chi connectivity index (χ0v) is 19.4. The lowest BCUT2D eigenvalue weighted by Crippen LogP contribution is -2.34. The van der Waals surface area contributed by atoms with Gasteiger partial charge in [-0.1, -0.05) is 54.2 Å². The number of carbonyl (C=O) groups is 2. The summed E-state index contributed by atoms with van der Waals surface area (Å²) in [6.07, 6.45) is 4.32. The second-order valence-corrected chi connectivity index (χ2v) is 7.82. The Bertz CT molecular complexity index is 904. The van der Waals surface area contributed by atoms with Gasteiger partial charge < -0.3 is 14.8 Å². The highest BCUT2D eigenvalue weighted by Gasteiger charge is 2.17. The summed E-state index contributed by atoms with van der Waals surface area (Å²) in [5, 5.41) is 5.57. The number of esters is 1. The maximum Gasteiger partial charge on any atom is 0.339 e. The number of hydrogen-bond acceptors (Lipinski definition) is 5. The topological polar surface area (TPSA) is 76.7 Å². The van der Waals surface area contributed by atoms with Crippen LogP contribution in [-0.4, -0.2) is 30.7 Å². The number of carbonyl (C=O) groups excluding carboxylic acids is 2. The van der Waals surface area contributed by atoms with Crippen LogP contribution in [0.25, 0.3) is 0 Å². The normalized spacial score (nSPS) is 10.2. The smallest absolute Gasteiger partial charge is 0.339 e. The molecule has 160 valence electrons. The highest BCUT2D eigenvalue weighted by molar-refractivity contribution is 9.10. The van der Waals surface area contributed by atoms with E-state index in [1.54, 1.807) is 36.4 Å². The van der Waals surface area contributed by atoms with Gasteiger partial charge in [-0.3, -0.25) is 10.1 Å². The first kappa shape index (κ1) is 23.8. The number of benzene rings is 2. The summed E-state index contributed by atoms with van der Waals surface area (Å²) >= 11 is 8.64. The van der Waals surface area contributed by atoms with Gasteiger partial charge in [-0.2, -0.15) is 0 Å². The van der Waals surface area contributed by atoms with Crippen molar-refractivity contribution in [3.63, 3.8) is 0 Å². The Kier molecular flexibility index (Phi) is 9.76. The number of anilines is 1. The van der Waals surface area contributed by atoms with Gasteiger partial charge in [-0.15, -0.1) is 0 Å². The van der Waals surface area contributed by atoms with Gasteiger partial charge in [-0.25, -0.2) is 4.79 Å². The van der Waals surface area contributed by atoms with E-state index in [2.05, 4.69) is 33.5 Å². The minimum absolute atomic E-state index is 0.0604. The molecule has 0 aromatic heterocycles. The molecule has 2 N–H and O–H groups in total. The molecule has 0 aliphatic rings. The van der Waals surface area contributed by atoms with Crippen molar-refractivity contribution in [2.75, 3.05) is 19.0 Å². The van der Waals surface area contributed by atoms with Crippen LogP contribution in [0.4, 0.5) is 5.69 Å². The molecule has 30 heavy (non-hydrogen) atoms. The van der Waals surface area contributed by atoms with E-state index in [1.165, 1.54) is 7.11 Å². The van der Waals surface area contributed by atoms with Gasteiger partial charge in [0.15, 0.2) is 5.11 Å². The lowest BCUT2D eigenvalue weighted by atomic mass is 10.1. The summed E-state index contributed by atoms with van der Waals surface area (Å²) in [5.74, 6) is -0.421. The lowest BCUT2D eigenvalue weighted by Gasteiger charge is -2.14. The summed E-state index contributed by atoms with van der Waals surface area (Å²) in [5.41, 5.74) is 1.12. The molecule has 6 nitrogen and oxygen atoms in total. The molecule has 2 aromatic carbocycles. The number of nitrogens with one attached hydrogen (secondary N) is 2. The van der Waals surface area contributed by atoms with Gasteiger partial charge in [0.25, 0.3) is 5.91 Å². The molecule has 0 heterocycles. The van der Waals surface area contributed by atoms with Gasteiger partial charge in [-0.05, 0) is 49.0 Å². The molecular formula is C22H25BrN2O4S. The molecule has 8 heteroatoms. The predicted octanol–water partition coefficient (Wildman–Crippen LogP) is 5.32. The molecule has 0 saturated carbocycles. The van der Waals surface area contributed by atoms with Crippen molar-refractivity contribution in [3.05, 3.63) is 58.1 Å². The standard InChI is InChI=1S/C22H25BrN2O4S/c1-3-4-5-8-13-29-19-12-11-15(23)14-17(19)20(26)25-22(30)24-18-10-7-6-9-16(18)21(27)28-2/h6-7,9-12,14H,3-5,8,13H2,1-2H3,(H2,24,25,26,30). The number of para-hydroxylation sites is 1. The molecular weight excluding hydrogens is 468 g/mol. The average molecular weight is 493 g/mol. The summed E-state index contributed by atoms with van der Waals surface area (Å²) in [6, 6.07) is 12.0. The van der Waals surface area contributed by atoms with Crippen LogP contribution in [0.2, 0.25) is 0 Å². The fourth-order valence-electron chi connectivity index (χ4n) is 2.72. The van der Waals surface area contributed by atoms with Crippen LogP contribution >= 0.6 is 28.1 Å². The second-order valence-electron chi connectivity index (χ2n) is 6.50. The molecule has 0 saturated heterocycles. The number of ether oxygens (including phenoxy) is 2. The van der Waals surface area contributed by atoms with Crippen LogP contribution in [0.3, 0.4) is 0 Å². The van der Waals surface area contributed by atoms with E-state index in [0.717, 1.165) is 30.2 Å². The van der Waals surface area contributed by atoms with Crippen molar-refractivity contribution >= 4 is 50.8 Å². The molecule has 0 atom stereocenters. The molecule has 0 fully saturated rings. The van der Waals surface area contributed by atoms with E-state index in [4.69, 9.17) is 21.7 Å². The van der Waals surface area contributed by atoms with Crippen LogP contribution in [0.15, 0.2) is 46.9 Å². The van der Waals surface area contributed by atoms with E-state index in [-0.39, 0.29) is 5.11 Å². The fourth-order valence-corrected chi connectivity index (χ4v) is 3.28. The molecule has 0 aliphatic carbocycles. The molecule has 0 unspecified atom stereocenters. The maximum absolute atomic E-state index is 12.8. The Hall–Kier alpha value is -2.45. The van der Waals surface area contributed by atoms with Gasteiger partial charge in [0.1, 0.15) is 5.75 Å². The van der Waals surface area contributed by atoms with Crippen LogP contribution < -0.4 is 15.4 Å². The maximum atomic E-state index is 12.8. The number of unbranched alkanes of at least 4 members (excludes halogenated alkanes) is 3. The van der Waals surface area contributed by atoms with Crippen molar-refractivity contribution in [1.82, 2.24) is 5.32 Å². The van der Waals surface area contributed by atoms with Gasteiger partial charge in [0, 0.05) is 4.47 Å². The third-order valence-corrected chi connectivity index (χ3v) is 4.95. The van der Waals surface area contributed by atoms with E-state index >= 15 is 0 Å². The first-order chi connectivity index (χ1) is 14.5. The minimum atomic E-state index is -0.502. The van der Waals surface area contributed by atoms with Crippen LogP contribution in [0.5, 0.6) is 5.75 Å². The first-order valence-electron chi connectivity index (χ1n) is 9.68. The summed E-state index contributed by atoms with van der Waals surface area (Å²) in [7, 11) is 1.30. The Morgan fingerprint density at radius 3 is 2.57 bits per heavy atom. The molecule has 2 rings (SSSR count). The summed E-state index contributed by atoms with van der Waals surface area (Å²) in [6.45, 7) is 2.69.